The van der Waals surface area contributed by atoms with Crippen molar-refractivity contribution in [1.29, 1.82) is 0 Å². The summed E-state index contributed by atoms with van der Waals surface area (Å²) >= 11 is 5.97. The summed E-state index contributed by atoms with van der Waals surface area (Å²) < 4.78 is 27.7. The second-order valence-electron chi connectivity index (χ2n) is 5.53. The Morgan fingerprint density at radius 2 is 2.13 bits per heavy atom. The third kappa shape index (κ3) is 3.12. The van der Waals surface area contributed by atoms with Crippen molar-refractivity contribution in [3.8, 4) is 0 Å². The molecule has 3 N–H and O–H groups in total. The maximum atomic E-state index is 12.4. The molecule has 0 spiro atoms. The van der Waals surface area contributed by atoms with Crippen LogP contribution in [-0.2, 0) is 16.4 Å². The highest BCUT2D eigenvalue weighted by Crippen LogP contribution is 2.33. The Hall–Kier alpha value is -1.83. The number of hydrogen-bond acceptors (Lipinski definition) is 4. The Morgan fingerprint density at radius 1 is 1.39 bits per heavy atom. The van der Waals surface area contributed by atoms with Gasteiger partial charge in [-0.15, -0.1) is 0 Å². The highest BCUT2D eigenvalue weighted by atomic mass is 35.5. The van der Waals surface area contributed by atoms with Crippen molar-refractivity contribution in [3.63, 3.8) is 0 Å². The van der Waals surface area contributed by atoms with Crippen molar-refractivity contribution in [1.82, 2.24) is 5.32 Å². The molecule has 122 valence electrons. The number of nitrogens with one attached hydrogen (secondary N) is 1. The molecule has 1 unspecified atom stereocenters. The first-order valence-corrected chi connectivity index (χ1v) is 8.90. The summed E-state index contributed by atoms with van der Waals surface area (Å²) in [5, 5.41) is 8.12. The number of fused-ring (bicyclic) bond motifs is 1. The molecule has 1 aromatic carbocycles. The molecular weight excluding hydrogens is 340 g/mol. The number of furan rings is 1. The van der Waals surface area contributed by atoms with E-state index in [0.29, 0.717) is 10.6 Å². The van der Waals surface area contributed by atoms with Gasteiger partial charge < -0.3 is 9.73 Å². The number of sulfonamides is 1. The van der Waals surface area contributed by atoms with Gasteiger partial charge in [0.25, 0.3) is 15.9 Å². The Morgan fingerprint density at radius 3 is 2.78 bits per heavy atom. The molecule has 6 nitrogen and oxygen atoms in total. The summed E-state index contributed by atoms with van der Waals surface area (Å²) in [5.74, 6) is -0.512. The lowest BCUT2D eigenvalue weighted by molar-refractivity contribution is 0.0902. The minimum atomic E-state index is -3.98. The molecule has 0 saturated carbocycles. The Kier molecular flexibility index (Phi) is 3.95. The molecule has 1 amide bonds. The van der Waals surface area contributed by atoms with Crippen LogP contribution >= 0.6 is 11.6 Å². The molecule has 1 atom stereocenters. The van der Waals surface area contributed by atoms with E-state index in [1.54, 1.807) is 13.0 Å². The first-order valence-electron chi connectivity index (χ1n) is 6.98. The molecule has 1 aliphatic rings. The number of halogens is 1. The predicted molar refractivity (Wildman–Crippen MR) is 84.8 cm³/mol. The summed E-state index contributed by atoms with van der Waals surface area (Å²) in [6.07, 6.45) is 1.57. The van der Waals surface area contributed by atoms with Crippen LogP contribution in [-0.4, -0.2) is 14.3 Å². The number of primary sulfonamides is 1. The molecule has 0 aliphatic heterocycles. The minimum absolute atomic E-state index is 0.0450. The standard InChI is InChI=1S/C15H15ClN2O4S/c1-8-6-13(23(17,20)21)22-14(8)15(19)18-12-5-2-9-7-10(16)3-4-11(9)12/h3-4,6-7,12H,2,5H2,1H3,(H,18,19)(H2,17,20,21). The summed E-state index contributed by atoms with van der Waals surface area (Å²) in [5.41, 5.74) is 2.53. The third-order valence-corrected chi connectivity index (χ3v) is 4.87. The van der Waals surface area contributed by atoms with E-state index < -0.39 is 21.0 Å². The van der Waals surface area contributed by atoms with Crippen molar-refractivity contribution in [2.24, 2.45) is 5.14 Å². The van der Waals surface area contributed by atoms with Crippen LogP contribution in [0.4, 0.5) is 0 Å². The molecule has 1 heterocycles. The van der Waals surface area contributed by atoms with Crippen molar-refractivity contribution < 1.29 is 17.6 Å². The highest BCUT2D eigenvalue weighted by Gasteiger charge is 2.27. The van der Waals surface area contributed by atoms with E-state index in [4.69, 9.17) is 21.2 Å². The van der Waals surface area contributed by atoms with Crippen molar-refractivity contribution in [2.75, 3.05) is 0 Å². The summed E-state index contributed by atoms with van der Waals surface area (Å²) in [7, 11) is -3.98. The van der Waals surface area contributed by atoms with Crippen molar-refractivity contribution >= 4 is 27.5 Å². The normalized spacial score (nSPS) is 17.1. The lowest BCUT2D eigenvalue weighted by Crippen LogP contribution is -2.27. The molecule has 8 heteroatoms. The second kappa shape index (κ2) is 5.67. The average Bonchev–Trinajstić information content (AvgIpc) is 3.02. The quantitative estimate of drug-likeness (QED) is 0.882. The van der Waals surface area contributed by atoms with E-state index >= 15 is 0 Å². The molecule has 23 heavy (non-hydrogen) atoms. The van der Waals surface area contributed by atoms with Crippen LogP contribution in [0.25, 0.3) is 0 Å². The number of nitrogens with two attached hydrogens (primary N) is 1. The summed E-state index contributed by atoms with van der Waals surface area (Å²) in [4.78, 5) is 12.4. The molecule has 0 bridgehead atoms. The molecule has 1 aromatic heterocycles. The predicted octanol–water partition coefficient (Wildman–Crippen LogP) is 2.31. The largest absolute Gasteiger partial charge is 0.438 e. The maximum Gasteiger partial charge on any atom is 0.287 e. The van der Waals surface area contributed by atoms with E-state index in [0.717, 1.165) is 24.0 Å². The van der Waals surface area contributed by atoms with Crippen LogP contribution in [0.5, 0.6) is 0 Å². The zero-order valence-corrected chi connectivity index (χ0v) is 13.9. The van der Waals surface area contributed by atoms with Gasteiger partial charge in [-0.25, -0.2) is 13.6 Å². The van der Waals surface area contributed by atoms with Crippen LogP contribution in [0, 0.1) is 6.92 Å². The first-order chi connectivity index (χ1) is 10.8. The number of aryl methyl sites for hydroxylation is 2. The molecule has 0 radical (unpaired) electrons. The Labute approximate surface area is 138 Å². The van der Waals surface area contributed by atoms with Crippen LogP contribution in [0.1, 0.15) is 39.7 Å². The van der Waals surface area contributed by atoms with Gasteiger partial charge in [0.2, 0.25) is 5.09 Å². The second-order valence-corrected chi connectivity index (χ2v) is 7.46. The van der Waals surface area contributed by atoms with Gasteiger partial charge in [-0.3, -0.25) is 4.79 Å². The number of carbonyl (C=O) groups excluding carboxylic acids is 1. The third-order valence-electron chi connectivity index (χ3n) is 3.87. The van der Waals surface area contributed by atoms with Crippen LogP contribution in [0.2, 0.25) is 5.02 Å². The molecule has 0 fully saturated rings. The lowest BCUT2D eigenvalue weighted by Gasteiger charge is -2.13. The lowest BCUT2D eigenvalue weighted by atomic mass is 10.1. The SMILES string of the molecule is Cc1cc(S(N)(=O)=O)oc1C(=O)NC1CCc2cc(Cl)ccc21. The van der Waals surface area contributed by atoms with Gasteiger partial charge >= 0.3 is 0 Å². The van der Waals surface area contributed by atoms with Gasteiger partial charge in [-0.05, 0) is 43.0 Å². The number of hydrogen-bond donors (Lipinski definition) is 2. The van der Waals surface area contributed by atoms with Crippen LogP contribution in [0.15, 0.2) is 33.8 Å². The fourth-order valence-corrected chi connectivity index (χ4v) is 3.51. The van der Waals surface area contributed by atoms with E-state index in [2.05, 4.69) is 5.32 Å². The molecule has 1 aliphatic carbocycles. The molecule has 2 aromatic rings. The fraction of sp³-hybridized carbons (Fsp3) is 0.267. The van der Waals surface area contributed by atoms with Gasteiger partial charge in [-0.1, -0.05) is 17.7 Å². The molecule has 3 rings (SSSR count). The molecule has 0 saturated heterocycles. The minimum Gasteiger partial charge on any atom is -0.438 e. The van der Waals surface area contributed by atoms with E-state index in [-0.39, 0.29) is 11.8 Å². The van der Waals surface area contributed by atoms with E-state index in [1.807, 2.05) is 12.1 Å². The summed E-state index contributed by atoms with van der Waals surface area (Å²) in [6, 6.07) is 6.65. The monoisotopic (exact) mass is 354 g/mol. The molecular formula is C15H15ClN2O4S. The van der Waals surface area contributed by atoms with Gasteiger partial charge in [0, 0.05) is 16.7 Å². The average molecular weight is 355 g/mol. The zero-order chi connectivity index (χ0) is 16.8. The smallest absolute Gasteiger partial charge is 0.287 e. The summed E-state index contributed by atoms with van der Waals surface area (Å²) in [6.45, 7) is 1.59. The van der Waals surface area contributed by atoms with Gasteiger partial charge in [-0.2, -0.15) is 0 Å². The Bertz CT molecular complexity index is 889. The van der Waals surface area contributed by atoms with Crippen LogP contribution < -0.4 is 10.5 Å². The van der Waals surface area contributed by atoms with E-state index in [1.165, 1.54) is 6.07 Å². The van der Waals surface area contributed by atoms with Gasteiger partial charge in [0.15, 0.2) is 5.76 Å². The van der Waals surface area contributed by atoms with Crippen molar-refractivity contribution in [3.05, 3.63) is 51.7 Å². The zero-order valence-electron chi connectivity index (χ0n) is 12.3. The highest BCUT2D eigenvalue weighted by molar-refractivity contribution is 7.89. The van der Waals surface area contributed by atoms with Crippen LogP contribution in [0.3, 0.4) is 0 Å². The fourth-order valence-electron chi connectivity index (χ4n) is 2.78. The number of benzene rings is 1. The number of amides is 1. The van der Waals surface area contributed by atoms with Gasteiger partial charge in [0.05, 0.1) is 6.04 Å². The topological polar surface area (TPSA) is 102 Å². The maximum absolute atomic E-state index is 12.4. The number of rotatable bonds is 3. The van der Waals surface area contributed by atoms with E-state index in [9.17, 15) is 13.2 Å². The van der Waals surface area contributed by atoms with Gasteiger partial charge in [0.1, 0.15) is 0 Å². The number of carbonyl (C=O) groups is 1. The Balaban J connectivity index is 1.83. The first kappa shape index (κ1) is 16.0. The van der Waals surface area contributed by atoms with Crippen molar-refractivity contribution in [2.45, 2.75) is 30.9 Å².